The lowest BCUT2D eigenvalue weighted by Crippen LogP contribution is -2.50. The van der Waals surface area contributed by atoms with Crippen LogP contribution in [0.25, 0.3) is 0 Å². The molecule has 1 aliphatic heterocycles. The Kier molecular flexibility index (Phi) is 3.47. The molecule has 0 aliphatic carbocycles. The molecule has 0 aromatic heterocycles. The van der Waals surface area contributed by atoms with Crippen molar-refractivity contribution >= 4 is 11.7 Å². The molecule has 4 nitrogen and oxygen atoms in total. The first-order chi connectivity index (χ1) is 10.5. The highest BCUT2D eigenvalue weighted by Crippen LogP contribution is 2.42. The summed E-state index contributed by atoms with van der Waals surface area (Å²) in [6, 6.07) is 17.3. The maximum atomic E-state index is 12.3. The zero-order chi connectivity index (χ0) is 15.7. The summed E-state index contributed by atoms with van der Waals surface area (Å²) in [6.07, 6.45) is 0. The van der Waals surface area contributed by atoms with Crippen molar-refractivity contribution < 1.29 is 14.6 Å². The Balaban J connectivity index is 2.19. The smallest absolute Gasteiger partial charge is 0.402 e. The van der Waals surface area contributed by atoms with E-state index in [1.807, 2.05) is 55.6 Å². The first kappa shape index (κ1) is 14.4. The number of quaternary nitrogens is 1. The predicted octanol–water partition coefficient (Wildman–Crippen LogP) is 3.53. The molecule has 2 aromatic rings. The van der Waals surface area contributed by atoms with E-state index >= 15 is 0 Å². The van der Waals surface area contributed by atoms with E-state index in [2.05, 4.69) is 0 Å². The highest BCUT2D eigenvalue weighted by atomic mass is 16.5. The van der Waals surface area contributed by atoms with Gasteiger partial charge in [-0.15, -0.1) is 0 Å². The van der Waals surface area contributed by atoms with E-state index in [0.717, 1.165) is 11.3 Å². The standard InChI is InChI=1S/C18H17NO3/c1-13(20)17-18(21)22-16-11-7-6-10-15(16)19(17,2)12-14-8-4-3-5-9-14/h3-11H,12H2,1-2H3/p+1. The Morgan fingerprint density at radius 1 is 1.09 bits per heavy atom. The number of carbonyl (C=O) groups is 1. The molecule has 0 bridgehead atoms. The Morgan fingerprint density at radius 2 is 1.73 bits per heavy atom. The molecular weight excluding hydrogens is 278 g/mol. The van der Waals surface area contributed by atoms with E-state index in [1.165, 1.54) is 6.92 Å². The molecule has 1 aliphatic rings. The number of allylic oxidation sites excluding steroid dienone is 1. The number of para-hydroxylation sites is 2. The molecule has 0 amide bonds. The van der Waals surface area contributed by atoms with Gasteiger partial charge in [0.1, 0.15) is 6.54 Å². The van der Waals surface area contributed by atoms with Crippen LogP contribution in [-0.4, -0.2) is 18.1 Å². The summed E-state index contributed by atoms with van der Waals surface area (Å²) in [7, 11) is 1.92. The van der Waals surface area contributed by atoms with Gasteiger partial charge in [0.2, 0.25) is 0 Å². The summed E-state index contributed by atoms with van der Waals surface area (Å²) in [5.74, 6) is 0.0194. The third kappa shape index (κ3) is 2.27. The van der Waals surface area contributed by atoms with Crippen molar-refractivity contribution in [2.24, 2.45) is 0 Å². The Labute approximate surface area is 129 Å². The maximum absolute atomic E-state index is 12.3. The fourth-order valence-corrected chi connectivity index (χ4v) is 3.04. The van der Waals surface area contributed by atoms with E-state index in [4.69, 9.17) is 4.74 Å². The molecule has 0 spiro atoms. The van der Waals surface area contributed by atoms with Crippen molar-refractivity contribution in [2.75, 3.05) is 7.05 Å². The van der Waals surface area contributed by atoms with Crippen LogP contribution in [0.2, 0.25) is 0 Å². The number of nitrogens with zero attached hydrogens (tertiary/aromatic N) is 1. The third-order valence-corrected chi connectivity index (χ3v) is 3.97. The maximum Gasteiger partial charge on any atom is 0.402 e. The van der Waals surface area contributed by atoms with Gasteiger partial charge in [-0.25, -0.2) is 9.28 Å². The zero-order valence-corrected chi connectivity index (χ0v) is 12.6. The van der Waals surface area contributed by atoms with Crippen LogP contribution in [0, 0.1) is 0 Å². The van der Waals surface area contributed by atoms with Crippen LogP contribution < -0.4 is 9.22 Å². The number of esters is 1. The van der Waals surface area contributed by atoms with E-state index in [9.17, 15) is 9.90 Å². The van der Waals surface area contributed by atoms with Crippen LogP contribution >= 0.6 is 0 Å². The van der Waals surface area contributed by atoms with Gasteiger partial charge in [-0.1, -0.05) is 42.5 Å². The number of ether oxygens (including phenoxy) is 1. The number of carbonyl (C=O) groups excluding carboxylic acids is 1. The fraction of sp³-hybridized carbons (Fsp3) is 0.167. The van der Waals surface area contributed by atoms with Crippen molar-refractivity contribution in [3.8, 4) is 5.75 Å². The van der Waals surface area contributed by atoms with Crippen LogP contribution in [0.1, 0.15) is 12.5 Å². The summed E-state index contributed by atoms with van der Waals surface area (Å²) < 4.78 is 5.55. The lowest BCUT2D eigenvalue weighted by molar-refractivity contribution is -0.133. The number of benzene rings is 2. The largest absolute Gasteiger partial charge is 0.506 e. The quantitative estimate of drug-likeness (QED) is 0.303. The van der Waals surface area contributed by atoms with Crippen molar-refractivity contribution in [1.82, 2.24) is 4.48 Å². The minimum absolute atomic E-state index is 0.0158. The van der Waals surface area contributed by atoms with Crippen molar-refractivity contribution in [1.29, 1.82) is 0 Å². The normalized spacial score (nSPS) is 22.7. The van der Waals surface area contributed by atoms with Gasteiger partial charge in [0.25, 0.3) is 5.70 Å². The lowest BCUT2D eigenvalue weighted by atomic mass is 10.1. The average Bonchev–Trinajstić information content (AvgIpc) is 2.47. The number of likely N-dealkylation sites (N-methyl/N-ethyl adjacent to an activating group) is 1. The highest BCUT2D eigenvalue weighted by molar-refractivity contribution is 5.96. The Hall–Kier alpha value is -2.59. The van der Waals surface area contributed by atoms with E-state index in [0.29, 0.717) is 12.3 Å². The van der Waals surface area contributed by atoms with E-state index < -0.39 is 5.97 Å². The van der Waals surface area contributed by atoms with Crippen LogP contribution in [0.4, 0.5) is 5.69 Å². The molecule has 1 heterocycles. The molecule has 0 radical (unpaired) electrons. The molecule has 0 fully saturated rings. The van der Waals surface area contributed by atoms with Crippen molar-refractivity contribution in [3.63, 3.8) is 0 Å². The van der Waals surface area contributed by atoms with Gasteiger partial charge in [-0.3, -0.25) is 0 Å². The lowest BCUT2D eigenvalue weighted by Gasteiger charge is -2.38. The van der Waals surface area contributed by atoms with Crippen LogP contribution in [-0.2, 0) is 11.3 Å². The molecule has 1 unspecified atom stereocenters. The van der Waals surface area contributed by atoms with Gasteiger partial charge < -0.3 is 9.84 Å². The highest BCUT2D eigenvalue weighted by Gasteiger charge is 2.45. The molecular formula is C18H18NO3+. The predicted molar refractivity (Wildman–Crippen MR) is 85.3 cm³/mol. The molecule has 1 atom stereocenters. The number of aliphatic hydroxyl groups excluding tert-OH is 1. The molecule has 4 heteroatoms. The Morgan fingerprint density at radius 3 is 2.41 bits per heavy atom. The fourth-order valence-electron chi connectivity index (χ4n) is 3.04. The van der Waals surface area contributed by atoms with Gasteiger partial charge in [-0.05, 0) is 13.0 Å². The van der Waals surface area contributed by atoms with E-state index in [1.54, 1.807) is 6.07 Å². The third-order valence-electron chi connectivity index (χ3n) is 3.97. The SMILES string of the molecule is C/C(O)=C1\C(=O)Oc2ccccc2[N+]1(C)Cc1ccccc1. The minimum atomic E-state index is -0.503. The summed E-state index contributed by atoms with van der Waals surface area (Å²) >= 11 is 0. The summed E-state index contributed by atoms with van der Waals surface area (Å²) in [5, 5.41) is 10.0. The van der Waals surface area contributed by atoms with Crippen LogP contribution in [0.5, 0.6) is 5.75 Å². The second-order valence-corrected chi connectivity index (χ2v) is 5.63. The van der Waals surface area contributed by atoms with Gasteiger partial charge in [0.15, 0.2) is 17.2 Å². The number of fused-ring (bicyclic) bond motifs is 1. The second kappa shape index (κ2) is 5.31. The van der Waals surface area contributed by atoms with Crippen LogP contribution in [0.3, 0.4) is 0 Å². The first-order valence-electron chi connectivity index (χ1n) is 7.14. The molecule has 112 valence electrons. The summed E-state index contributed by atoms with van der Waals surface area (Å²) in [5.41, 5.74) is 2.20. The molecule has 1 N–H and O–H groups in total. The molecule has 22 heavy (non-hydrogen) atoms. The summed E-state index contributed by atoms with van der Waals surface area (Å²) in [4.78, 5) is 12.3. The minimum Gasteiger partial charge on any atom is -0.506 e. The monoisotopic (exact) mass is 296 g/mol. The number of hydrogen-bond donors (Lipinski definition) is 1. The van der Waals surface area contributed by atoms with Gasteiger partial charge >= 0.3 is 5.97 Å². The van der Waals surface area contributed by atoms with Gasteiger partial charge in [-0.2, -0.15) is 0 Å². The number of aliphatic hydroxyl groups is 1. The number of rotatable bonds is 2. The average molecular weight is 296 g/mol. The van der Waals surface area contributed by atoms with Gasteiger partial charge in [0.05, 0.1) is 7.05 Å². The molecule has 0 saturated carbocycles. The topological polar surface area (TPSA) is 46.5 Å². The molecule has 3 rings (SSSR count). The first-order valence-corrected chi connectivity index (χ1v) is 7.14. The second-order valence-electron chi connectivity index (χ2n) is 5.63. The molecule has 2 aromatic carbocycles. The van der Waals surface area contributed by atoms with Crippen molar-refractivity contribution in [3.05, 3.63) is 71.6 Å². The molecule has 0 saturated heterocycles. The van der Waals surface area contributed by atoms with Gasteiger partial charge in [0, 0.05) is 11.6 Å². The van der Waals surface area contributed by atoms with Crippen molar-refractivity contribution in [2.45, 2.75) is 13.5 Å². The zero-order valence-electron chi connectivity index (χ0n) is 12.6. The number of hydrogen-bond acceptors (Lipinski definition) is 3. The van der Waals surface area contributed by atoms with Crippen LogP contribution in [0.15, 0.2) is 66.1 Å². The van der Waals surface area contributed by atoms with E-state index in [-0.39, 0.29) is 15.9 Å². The summed E-state index contributed by atoms with van der Waals surface area (Å²) in [6.45, 7) is 2.08. The Bertz CT molecular complexity index is 748.